The van der Waals surface area contributed by atoms with Crippen LogP contribution in [0, 0.1) is 11.6 Å². The summed E-state index contributed by atoms with van der Waals surface area (Å²) in [6, 6.07) is 10.3. The van der Waals surface area contributed by atoms with Gasteiger partial charge in [0.25, 0.3) is 11.8 Å². The van der Waals surface area contributed by atoms with E-state index in [2.05, 4.69) is 10.2 Å². The van der Waals surface area contributed by atoms with Crippen LogP contribution in [0.1, 0.15) is 47.6 Å². The summed E-state index contributed by atoms with van der Waals surface area (Å²) in [7, 11) is 0. The number of ether oxygens (including phenoxy) is 1. The van der Waals surface area contributed by atoms with Crippen LogP contribution in [0.4, 0.5) is 8.78 Å². The molecule has 2 atom stereocenters. The number of carbonyl (C=O) groups excluding carboxylic acids is 2. The molecule has 0 radical (unpaired) electrons. The first kappa shape index (κ1) is 21.1. The molecule has 1 aromatic heterocycles. The van der Waals surface area contributed by atoms with Gasteiger partial charge in [-0.2, -0.15) is 10.2 Å². The molecule has 0 aliphatic carbocycles. The smallest absolute Gasteiger partial charge is 0.257 e. The first-order valence-electron chi connectivity index (χ1n) is 11.4. The highest BCUT2D eigenvalue weighted by Crippen LogP contribution is 2.47. The molecule has 3 aliphatic heterocycles. The van der Waals surface area contributed by atoms with Crippen LogP contribution in [0.3, 0.4) is 0 Å². The minimum atomic E-state index is -1.01. The van der Waals surface area contributed by atoms with Gasteiger partial charge in [0.1, 0.15) is 17.9 Å². The second kappa shape index (κ2) is 7.80. The number of hydrogen-bond donors (Lipinski definition) is 0. The fourth-order valence-corrected chi connectivity index (χ4v) is 5.56. The topological polar surface area (TPSA) is 75.6 Å². The fraction of sp³-hybridized carbons (Fsp3) is 0.360. The van der Waals surface area contributed by atoms with Gasteiger partial charge in [-0.25, -0.2) is 8.78 Å². The molecule has 4 heterocycles. The minimum Gasteiger partial charge on any atom is -0.342 e. The van der Waals surface area contributed by atoms with Crippen molar-refractivity contribution in [2.75, 3.05) is 13.1 Å². The van der Waals surface area contributed by atoms with Crippen LogP contribution in [0.2, 0.25) is 0 Å². The minimum absolute atomic E-state index is 0.153. The summed E-state index contributed by atoms with van der Waals surface area (Å²) in [6.07, 6.45) is 2.98. The second-order valence-electron chi connectivity index (χ2n) is 9.14. The molecule has 3 aliphatic rings. The van der Waals surface area contributed by atoms with Crippen LogP contribution in [-0.2, 0) is 9.53 Å². The third kappa shape index (κ3) is 3.26. The van der Waals surface area contributed by atoms with Crippen molar-refractivity contribution >= 4 is 22.7 Å². The van der Waals surface area contributed by atoms with E-state index in [1.54, 1.807) is 9.80 Å². The van der Waals surface area contributed by atoms with E-state index < -0.39 is 29.5 Å². The molecule has 2 unspecified atom stereocenters. The number of piperidine rings is 1. The molecule has 7 nitrogen and oxygen atoms in total. The van der Waals surface area contributed by atoms with E-state index in [1.807, 2.05) is 24.3 Å². The lowest BCUT2D eigenvalue weighted by Crippen LogP contribution is -2.51. The molecule has 34 heavy (non-hydrogen) atoms. The Hall–Kier alpha value is -3.46. The highest BCUT2D eigenvalue weighted by atomic mass is 19.1. The average molecular weight is 464 g/mol. The Morgan fingerprint density at radius 1 is 1.06 bits per heavy atom. The molecule has 6 rings (SSSR count). The number of amides is 2. The molecule has 0 saturated carbocycles. The molecule has 2 aromatic carbocycles. The van der Waals surface area contributed by atoms with Crippen molar-refractivity contribution in [2.24, 2.45) is 0 Å². The fourth-order valence-electron chi connectivity index (χ4n) is 5.56. The molecular formula is C25H22F2N4O3. The van der Waals surface area contributed by atoms with Crippen molar-refractivity contribution in [3.63, 3.8) is 0 Å². The first-order valence-corrected chi connectivity index (χ1v) is 11.4. The number of fused-ring (bicyclic) bond motifs is 2. The molecule has 0 bridgehead atoms. The molecule has 0 N–H and O–H groups in total. The van der Waals surface area contributed by atoms with Crippen molar-refractivity contribution in [1.82, 2.24) is 20.0 Å². The van der Waals surface area contributed by atoms with Crippen LogP contribution in [-0.4, -0.2) is 56.7 Å². The molecule has 3 saturated heterocycles. The van der Waals surface area contributed by atoms with Crippen molar-refractivity contribution in [1.29, 1.82) is 0 Å². The first-order chi connectivity index (χ1) is 16.4. The van der Waals surface area contributed by atoms with E-state index in [0.29, 0.717) is 55.4 Å². The van der Waals surface area contributed by atoms with Gasteiger partial charge in [0.15, 0.2) is 5.60 Å². The van der Waals surface area contributed by atoms with Gasteiger partial charge in [-0.15, -0.1) is 0 Å². The van der Waals surface area contributed by atoms with E-state index in [9.17, 15) is 18.4 Å². The van der Waals surface area contributed by atoms with Gasteiger partial charge in [-0.1, -0.05) is 18.2 Å². The predicted octanol–water partition coefficient (Wildman–Crippen LogP) is 3.60. The van der Waals surface area contributed by atoms with Crippen LogP contribution in [0.15, 0.2) is 48.7 Å². The van der Waals surface area contributed by atoms with Crippen LogP contribution >= 0.6 is 0 Å². The summed E-state index contributed by atoms with van der Waals surface area (Å²) in [5.74, 6) is -1.64. The van der Waals surface area contributed by atoms with Gasteiger partial charge in [-0.3, -0.25) is 9.59 Å². The predicted molar refractivity (Wildman–Crippen MR) is 117 cm³/mol. The van der Waals surface area contributed by atoms with Crippen LogP contribution in [0.5, 0.6) is 0 Å². The molecule has 2 amide bonds. The van der Waals surface area contributed by atoms with E-state index in [-0.39, 0.29) is 11.8 Å². The van der Waals surface area contributed by atoms with E-state index >= 15 is 0 Å². The van der Waals surface area contributed by atoms with Crippen molar-refractivity contribution < 1.29 is 23.1 Å². The van der Waals surface area contributed by atoms with Crippen LogP contribution in [0.25, 0.3) is 10.9 Å². The van der Waals surface area contributed by atoms with Crippen molar-refractivity contribution in [2.45, 2.75) is 43.6 Å². The number of nitrogens with zero attached hydrogens (tertiary/aromatic N) is 4. The summed E-state index contributed by atoms with van der Waals surface area (Å²) < 4.78 is 33.9. The van der Waals surface area contributed by atoms with Gasteiger partial charge in [0.05, 0.1) is 23.3 Å². The lowest BCUT2D eigenvalue weighted by Gasteiger charge is -2.37. The Balaban J connectivity index is 1.20. The number of aromatic nitrogens is 2. The summed E-state index contributed by atoms with van der Waals surface area (Å²) in [5.41, 5.74) is 0.564. The van der Waals surface area contributed by atoms with E-state index in [4.69, 9.17) is 4.74 Å². The highest BCUT2D eigenvalue weighted by molar-refractivity contribution is 6.05. The van der Waals surface area contributed by atoms with Gasteiger partial charge >= 0.3 is 0 Å². The molecule has 9 heteroatoms. The maximum Gasteiger partial charge on any atom is 0.257 e. The number of likely N-dealkylation sites (tertiary alicyclic amines) is 1. The lowest BCUT2D eigenvalue weighted by molar-refractivity contribution is -0.142. The molecule has 3 fully saturated rings. The average Bonchev–Trinajstić information content (AvgIpc) is 3.36. The maximum absolute atomic E-state index is 13.8. The van der Waals surface area contributed by atoms with Crippen molar-refractivity contribution in [3.8, 4) is 0 Å². The zero-order chi connectivity index (χ0) is 23.4. The lowest BCUT2D eigenvalue weighted by atomic mass is 9.89. The number of carbonyl (C=O) groups is 2. The Morgan fingerprint density at radius 2 is 1.79 bits per heavy atom. The third-order valence-electron chi connectivity index (χ3n) is 7.22. The summed E-state index contributed by atoms with van der Waals surface area (Å²) in [5, 5.41) is 8.78. The third-order valence-corrected chi connectivity index (χ3v) is 7.22. The highest BCUT2D eigenvalue weighted by Gasteiger charge is 2.58. The Bertz CT molecular complexity index is 1280. The number of hydrogen-bond acceptors (Lipinski definition) is 5. The number of benzene rings is 2. The SMILES string of the molecule is O=C(c1cnnc2ccccc12)N1CCC2(CC1)OC1CCC(c3cc(F)cc(F)c3)N1C2=O. The van der Waals surface area contributed by atoms with Gasteiger partial charge in [0, 0.05) is 37.4 Å². The zero-order valence-corrected chi connectivity index (χ0v) is 18.3. The van der Waals surface area contributed by atoms with E-state index in [1.165, 1.54) is 18.3 Å². The second-order valence-corrected chi connectivity index (χ2v) is 9.14. The summed E-state index contributed by atoms with van der Waals surface area (Å²) in [6.45, 7) is 0.724. The van der Waals surface area contributed by atoms with Gasteiger partial charge in [0.2, 0.25) is 0 Å². The van der Waals surface area contributed by atoms with Crippen LogP contribution < -0.4 is 0 Å². The largest absolute Gasteiger partial charge is 0.342 e. The molecule has 1 spiro atoms. The normalized spacial score (nSPS) is 23.6. The number of rotatable bonds is 2. The van der Waals surface area contributed by atoms with Crippen molar-refractivity contribution in [3.05, 3.63) is 71.4 Å². The Kier molecular flexibility index (Phi) is 4.84. The monoisotopic (exact) mass is 464 g/mol. The summed E-state index contributed by atoms with van der Waals surface area (Å²) in [4.78, 5) is 30.1. The molecule has 3 aromatic rings. The van der Waals surface area contributed by atoms with Gasteiger partial charge < -0.3 is 14.5 Å². The standard InChI is InChI=1S/C25H22F2N4O3/c26-16-11-15(12-17(27)13-16)21-5-6-22-31(21)24(33)25(34-22)7-9-30(10-8-25)23(32)19-14-28-29-20-4-2-1-3-18(19)20/h1-4,11-14,21-22H,5-10H2. The quantitative estimate of drug-likeness (QED) is 0.579. The number of halogens is 2. The summed E-state index contributed by atoms with van der Waals surface area (Å²) >= 11 is 0. The Labute approximate surface area is 194 Å². The Morgan fingerprint density at radius 3 is 2.56 bits per heavy atom. The van der Waals surface area contributed by atoms with Gasteiger partial charge in [-0.05, 0) is 36.6 Å². The maximum atomic E-state index is 13.8. The molecule has 174 valence electrons. The molecular weight excluding hydrogens is 442 g/mol. The van der Waals surface area contributed by atoms with E-state index in [0.717, 1.165) is 11.5 Å². The zero-order valence-electron chi connectivity index (χ0n) is 18.3.